The maximum Gasteiger partial charge on any atom is 0.0465 e. The van der Waals surface area contributed by atoms with Crippen LogP contribution in [0.3, 0.4) is 0 Å². The second-order valence-electron chi connectivity index (χ2n) is 4.42. The molecule has 2 N–H and O–H groups in total. The van der Waals surface area contributed by atoms with Crippen LogP contribution in [0.1, 0.15) is 24.8 Å². The maximum absolute atomic E-state index is 5.82. The van der Waals surface area contributed by atoms with Crippen LogP contribution in [0, 0.1) is 5.92 Å². The molecule has 3 heteroatoms. The molecule has 0 bridgehead atoms. The highest BCUT2D eigenvalue weighted by Crippen LogP contribution is 2.34. The van der Waals surface area contributed by atoms with Crippen molar-refractivity contribution in [2.75, 3.05) is 13.1 Å². The fourth-order valence-corrected chi connectivity index (χ4v) is 3.20. The lowest BCUT2D eigenvalue weighted by Crippen LogP contribution is -2.57. The van der Waals surface area contributed by atoms with Crippen molar-refractivity contribution in [2.45, 2.75) is 25.9 Å². The number of hydrogen-bond acceptors (Lipinski definition) is 3. The van der Waals surface area contributed by atoms with Gasteiger partial charge in [0.2, 0.25) is 0 Å². The van der Waals surface area contributed by atoms with E-state index in [1.54, 1.807) is 0 Å². The first-order valence-electron chi connectivity index (χ1n) is 5.21. The van der Waals surface area contributed by atoms with Crippen LogP contribution in [-0.2, 0) is 0 Å². The average molecular weight is 210 g/mol. The van der Waals surface area contributed by atoms with Gasteiger partial charge in [0.25, 0.3) is 0 Å². The SMILES string of the molecule is CC(C)C(c1cccs1)N1CC(N)C1. The predicted molar refractivity (Wildman–Crippen MR) is 61.4 cm³/mol. The molecule has 0 spiro atoms. The van der Waals surface area contributed by atoms with E-state index in [1.165, 1.54) is 4.88 Å². The number of hydrogen-bond donors (Lipinski definition) is 1. The highest BCUT2D eigenvalue weighted by molar-refractivity contribution is 7.10. The van der Waals surface area contributed by atoms with Crippen LogP contribution < -0.4 is 5.73 Å². The van der Waals surface area contributed by atoms with Gasteiger partial charge in [-0.05, 0) is 17.4 Å². The molecule has 1 unspecified atom stereocenters. The third kappa shape index (κ3) is 1.85. The van der Waals surface area contributed by atoms with Crippen LogP contribution >= 0.6 is 11.3 Å². The Morgan fingerprint density at radius 2 is 2.21 bits per heavy atom. The zero-order valence-corrected chi connectivity index (χ0v) is 9.63. The largest absolute Gasteiger partial charge is 0.325 e. The van der Waals surface area contributed by atoms with Crippen LogP contribution in [0.25, 0.3) is 0 Å². The van der Waals surface area contributed by atoms with Gasteiger partial charge in [0.15, 0.2) is 0 Å². The van der Waals surface area contributed by atoms with Crippen molar-refractivity contribution in [1.82, 2.24) is 4.90 Å². The van der Waals surface area contributed by atoms with E-state index in [0.717, 1.165) is 13.1 Å². The van der Waals surface area contributed by atoms with Crippen molar-refractivity contribution in [3.63, 3.8) is 0 Å². The second-order valence-corrected chi connectivity index (χ2v) is 5.40. The van der Waals surface area contributed by atoms with E-state index in [1.807, 2.05) is 11.3 Å². The summed E-state index contributed by atoms with van der Waals surface area (Å²) < 4.78 is 0. The third-order valence-corrected chi connectivity index (χ3v) is 3.74. The minimum Gasteiger partial charge on any atom is -0.325 e. The first kappa shape index (κ1) is 10.1. The smallest absolute Gasteiger partial charge is 0.0465 e. The summed E-state index contributed by atoms with van der Waals surface area (Å²) in [6, 6.07) is 5.35. The first-order valence-corrected chi connectivity index (χ1v) is 6.09. The summed E-state index contributed by atoms with van der Waals surface area (Å²) in [5.74, 6) is 0.668. The molecule has 1 aromatic heterocycles. The van der Waals surface area contributed by atoms with Crippen LogP contribution in [0.5, 0.6) is 0 Å². The van der Waals surface area contributed by atoms with Crippen molar-refractivity contribution in [1.29, 1.82) is 0 Å². The Kier molecular flexibility index (Phi) is 2.91. The summed E-state index contributed by atoms with van der Waals surface area (Å²) in [6.45, 7) is 6.68. The van der Waals surface area contributed by atoms with Crippen LogP contribution in [0.2, 0.25) is 0 Å². The number of nitrogens with two attached hydrogens (primary N) is 1. The van der Waals surface area contributed by atoms with Gasteiger partial charge in [-0.3, -0.25) is 4.90 Å². The molecule has 1 aliphatic rings. The molecule has 0 amide bonds. The number of likely N-dealkylation sites (tertiary alicyclic amines) is 1. The number of nitrogens with zero attached hydrogens (tertiary/aromatic N) is 1. The predicted octanol–water partition coefficient (Wildman–Crippen LogP) is 2.09. The molecule has 1 aliphatic heterocycles. The lowest BCUT2D eigenvalue weighted by Gasteiger charge is -2.44. The summed E-state index contributed by atoms with van der Waals surface area (Å²) in [5, 5.41) is 2.16. The standard InChI is InChI=1S/C11H18N2S/c1-8(2)11(10-4-3-5-14-10)13-6-9(12)7-13/h3-5,8-9,11H,6-7,12H2,1-2H3. The Labute approximate surface area is 89.7 Å². The normalized spacial score (nSPS) is 21.1. The lowest BCUT2D eigenvalue weighted by molar-refractivity contribution is 0.0693. The Balaban J connectivity index is 2.09. The second kappa shape index (κ2) is 4.01. The molecule has 0 radical (unpaired) electrons. The summed E-state index contributed by atoms with van der Waals surface area (Å²) in [4.78, 5) is 3.97. The minimum atomic E-state index is 0.399. The summed E-state index contributed by atoms with van der Waals surface area (Å²) in [5.41, 5.74) is 5.82. The molecule has 2 heterocycles. The zero-order chi connectivity index (χ0) is 10.1. The highest BCUT2D eigenvalue weighted by atomic mass is 32.1. The van der Waals surface area contributed by atoms with Gasteiger partial charge in [-0.25, -0.2) is 0 Å². The minimum absolute atomic E-state index is 0.399. The van der Waals surface area contributed by atoms with Crippen molar-refractivity contribution in [3.05, 3.63) is 22.4 Å². The van der Waals surface area contributed by atoms with Gasteiger partial charge in [0, 0.05) is 30.1 Å². The topological polar surface area (TPSA) is 29.3 Å². The molecule has 1 aromatic rings. The van der Waals surface area contributed by atoms with E-state index in [4.69, 9.17) is 5.73 Å². The van der Waals surface area contributed by atoms with Crippen molar-refractivity contribution in [3.8, 4) is 0 Å². The Bertz CT molecular complexity index is 275. The molecule has 2 nitrogen and oxygen atoms in total. The molecule has 0 aromatic carbocycles. The fourth-order valence-electron chi connectivity index (χ4n) is 2.17. The van der Waals surface area contributed by atoms with E-state index in [2.05, 4.69) is 36.3 Å². The monoisotopic (exact) mass is 210 g/mol. The van der Waals surface area contributed by atoms with Crippen LogP contribution in [-0.4, -0.2) is 24.0 Å². The van der Waals surface area contributed by atoms with Crippen molar-refractivity contribution >= 4 is 11.3 Å². The van der Waals surface area contributed by atoms with Crippen molar-refractivity contribution in [2.24, 2.45) is 11.7 Å². The van der Waals surface area contributed by atoms with E-state index in [9.17, 15) is 0 Å². The summed E-state index contributed by atoms with van der Waals surface area (Å²) >= 11 is 1.86. The molecule has 78 valence electrons. The van der Waals surface area contributed by atoms with Gasteiger partial charge in [-0.15, -0.1) is 11.3 Å². The van der Waals surface area contributed by atoms with Gasteiger partial charge in [0.1, 0.15) is 0 Å². The van der Waals surface area contributed by atoms with Crippen LogP contribution in [0.15, 0.2) is 17.5 Å². The fraction of sp³-hybridized carbons (Fsp3) is 0.636. The lowest BCUT2D eigenvalue weighted by atomic mass is 9.96. The van der Waals surface area contributed by atoms with Gasteiger partial charge < -0.3 is 5.73 Å². The number of thiophene rings is 1. The molecule has 1 fully saturated rings. The van der Waals surface area contributed by atoms with Gasteiger partial charge in [0.05, 0.1) is 0 Å². The molecular formula is C11H18N2S. The Hall–Kier alpha value is -0.380. The third-order valence-electron chi connectivity index (χ3n) is 2.80. The van der Waals surface area contributed by atoms with Crippen molar-refractivity contribution < 1.29 is 0 Å². The zero-order valence-electron chi connectivity index (χ0n) is 8.81. The molecule has 0 aliphatic carbocycles. The van der Waals surface area contributed by atoms with Gasteiger partial charge in [-0.2, -0.15) is 0 Å². The van der Waals surface area contributed by atoms with E-state index >= 15 is 0 Å². The summed E-state index contributed by atoms with van der Waals surface area (Å²) in [7, 11) is 0. The van der Waals surface area contributed by atoms with Crippen LogP contribution in [0.4, 0.5) is 0 Å². The van der Waals surface area contributed by atoms with Gasteiger partial charge in [-0.1, -0.05) is 19.9 Å². The molecule has 1 atom stereocenters. The van der Waals surface area contributed by atoms with E-state index in [0.29, 0.717) is 18.0 Å². The molecular weight excluding hydrogens is 192 g/mol. The van der Waals surface area contributed by atoms with E-state index in [-0.39, 0.29) is 0 Å². The quantitative estimate of drug-likeness (QED) is 0.827. The van der Waals surface area contributed by atoms with Gasteiger partial charge >= 0.3 is 0 Å². The maximum atomic E-state index is 5.82. The molecule has 14 heavy (non-hydrogen) atoms. The molecule has 1 saturated heterocycles. The number of rotatable bonds is 3. The Morgan fingerprint density at radius 1 is 1.50 bits per heavy atom. The highest BCUT2D eigenvalue weighted by Gasteiger charge is 2.32. The molecule has 0 saturated carbocycles. The summed E-state index contributed by atoms with van der Waals surface area (Å²) in [6.07, 6.45) is 0. The van der Waals surface area contributed by atoms with E-state index < -0.39 is 0 Å². The Morgan fingerprint density at radius 3 is 2.64 bits per heavy atom. The molecule has 2 rings (SSSR count). The average Bonchev–Trinajstić information content (AvgIpc) is 2.54. The first-order chi connectivity index (χ1) is 6.68.